The van der Waals surface area contributed by atoms with E-state index in [0.717, 1.165) is 18.0 Å². The Kier molecular flexibility index (Phi) is 5.39. The summed E-state index contributed by atoms with van der Waals surface area (Å²) >= 11 is 0. The lowest BCUT2D eigenvalue weighted by atomic mass is 10.1. The highest BCUT2D eigenvalue weighted by Gasteiger charge is 2.08. The highest BCUT2D eigenvalue weighted by molar-refractivity contribution is 5.27. The van der Waals surface area contributed by atoms with Gasteiger partial charge in [0.1, 0.15) is 12.4 Å². The molecule has 1 N–H and O–H groups in total. The normalized spacial score (nSPS) is 11.3. The molecule has 114 valence electrons. The van der Waals surface area contributed by atoms with Gasteiger partial charge in [-0.1, -0.05) is 27.7 Å². The molecule has 4 heteroatoms. The van der Waals surface area contributed by atoms with Crippen molar-refractivity contribution in [3.63, 3.8) is 0 Å². The Morgan fingerprint density at radius 3 is 2.67 bits per heavy atom. The van der Waals surface area contributed by atoms with Gasteiger partial charge in [-0.25, -0.2) is 4.98 Å². The predicted octanol–water partition coefficient (Wildman–Crippen LogP) is 3.88. The zero-order chi connectivity index (χ0) is 15.2. The zero-order valence-electron chi connectivity index (χ0n) is 13.2. The molecule has 0 aromatic carbocycles. The molecule has 2 rings (SSSR count). The second-order valence-corrected chi connectivity index (χ2v) is 5.80. The molecule has 2 aromatic rings. The van der Waals surface area contributed by atoms with E-state index in [2.05, 4.69) is 44.1 Å². The Morgan fingerprint density at radius 1 is 1.24 bits per heavy atom. The van der Waals surface area contributed by atoms with Crippen molar-refractivity contribution < 1.29 is 9.15 Å². The van der Waals surface area contributed by atoms with Crippen molar-refractivity contribution in [1.29, 1.82) is 0 Å². The number of nitrogens with zero attached hydrogens (tertiary/aromatic N) is 1. The Hall–Kier alpha value is -1.81. The van der Waals surface area contributed by atoms with Gasteiger partial charge in [0.15, 0.2) is 0 Å². The molecule has 2 aromatic heterocycles. The first-order valence-corrected chi connectivity index (χ1v) is 7.44. The van der Waals surface area contributed by atoms with Gasteiger partial charge in [0.25, 0.3) is 0 Å². The van der Waals surface area contributed by atoms with Gasteiger partial charge >= 0.3 is 0 Å². The summed E-state index contributed by atoms with van der Waals surface area (Å²) in [5, 5.41) is 3.42. The number of furan rings is 1. The molecular formula is C17H24N2O2. The highest BCUT2D eigenvalue weighted by atomic mass is 16.5. The monoisotopic (exact) mass is 288 g/mol. The van der Waals surface area contributed by atoms with Crippen molar-refractivity contribution in [2.45, 2.75) is 52.8 Å². The van der Waals surface area contributed by atoms with Gasteiger partial charge in [0.05, 0.1) is 6.26 Å². The van der Waals surface area contributed by atoms with Crippen LogP contribution in [-0.2, 0) is 13.2 Å². The van der Waals surface area contributed by atoms with Crippen LogP contribution in [0.3, 0.4) is 0 Å². The van der Waals surface area contributed by atoms with E-state index in [4.69, 9.17) is 9.15 Å². The summed E-state index contributed by atoms with van der Waals surface area (Å²) in [7, 11) is 0. The molecule has 21 heavy (non-hydrogen) atoms. The highest BCUT2D eigenvalue weighted by Crippen LogP contribution is 2.20. The van der Waals surface area contributed by atoms with Crippen LogP contribution in [0.2, 0.25) is 0 Å². The van der Waals surface area contributed by atoms with Crippen LogP contribution in [0.1, 0.15) is 50.6 Å². The molecule has 0 saturated heterocycles. The lowest BCUT2D eigenvalue weighted by Crippen LogP contribution is -2.22. The van der Waals surface area contributed by atoms with E-state index in [9.17, 15) is 0 Å². The quantitative estimate of drug-likeness (QED) is 0.840. The minimum absolute atomic E-state index is 0.370. The number of nitrogens with one attached hydrogen (secondary N) is 1. The smallest absolute Gasteiger partial charge is 0.214 e. The van der Waals surface area contributed by atoms with Crippen LogP contribution in [0.15, 0.2) is 34.9 Å². The number of ether oxygens (including phenoxy) is 1. The fraction of sp³-hybridized carbons (Fsp3) is 0.471. The topological polar surface area (TPSA) is 47.3 Å². The van der Waals surface area contributed by atoms with Gasteiger partial charge in [0, 0.05) is 24.3 Å². The van der Waals surface area contributed by atoms with E-state index in [1.165, 1.54) is 5.56 Å². The number of hydrogen-bond acceptors (Lipinski definition) is 4. The van der Waals surface area contributed by atoms with E-state index in [1.54, 1.807) is 6.26 Å². The van der Waals surface area contributed by atoms with Crippen LogP contribution < -0.4 is 10.1 Å². The molecule has 0 unspecified atom stereocenters. The van der Waals surface area contributed by atoms with Gasteiger partial charge in [-0.3, -0.25) is 0 Å². The first-order chi connectivity index (χ1) is 10.0. The van der Waals surface area contributed by atoms with Gasteiger partial charge in [-0.15, -0.1) is 0 Å². The maximum absolute atomic E-state index is 5.76. The van der Waals surface area contributed by atoms with Crippen molar-refractivity contribution in [1.82, 2.24) is 10.3 Å². The second-order valence-electron chi connectivity index (χ2n) is 5.80. The van der Waals surface area contributed by atoms with Crippen LogP contribution in [0, 0.1) is 0 Å². The summed E-state index contributed by atoms with van der Waals surface area (Å²) in [5.41, 5.74) is 2.24. The second kappa shape index (κ2) is 7.27. The zero-order valence-corrected chi connectivity index (χ0v) is 13.2. The number of aromatic nitrogens is 1. The third-order valence-electron chi connectivity index (χ3n) is 3.13. The molecule has 0 amide bonds. The molecule has 0 saturated carbocycles. The van der Waals surface area contributed by atoms with Crippen LogP contribution in [0.4, 0.5) is 0 Å². The average molecular weight is 288 g/mol. The molecule has 4 nitrogen and oxygen atoms in total. The maximum Gasteiger partial charge on any atom is 0.214 e. The molecule has 0 aliphatic carbocycles. The summed E-state index contributed by atoms with van der Waals surface area (Å²) in [6, 6.07) is 8.33. The van der Waals surface area contributed by atoms with E-state index < -0.39 is 0 Å². The van der Waals surface area contributed by atoms with E-state index in [-0.39, 0.29) is 0 Å². The van der Waals surface area contributed by atoms with Crippen LogP contribution in [0.25, 0.3) is 0 Å². The van der Waals surface area contributed by atoms with E-state index in [0.29, 0.717) is 24.4 Å². The Morgan fingerprint density at radius 2 is 2.05 bits per heavy atom. The van der Waals surface area contributed by atoms with E-state index >= 15 is 0 Å². The van der Waals surface area contributed by atoms with E-state index in [1.807, 2.05) is 18.2 Å². The fourth-order valence-corrected chi connectivity index (χ4v) is 1.92. The lowest BCUT2D eigenvalue weighted by Gasteiger charge is -2.13. The van der Waals surface area contributed by atoms with Crippen molar-refractivity contribution in [2.75, 3.05) is 0 Å². The van der Waals surface area contributed by atoms with Crippen molar-refractivity contribution in [3.05, 3.63) is 47.5 Å². The minimum Gasteiger partial charge on any atom is -0.469 e. The maximum atomic E-state index is 5.76. The van der Waals surface area contributed by atoms with Gasteiger partial charge in [-0.2, -0.15) is 0 Å². The molecule has 0 atom stereocenters. The third-order valence-corrected chi connectivity index (χ3v) is 3.13. The number of pyridine rings is 1. The van der Waals surface area contributed by atoms with Crippen molar-refractivity contribution in [3.8, 4) is 5.88 Å². The molecule has 0 radical (unpaired) electrons. The molecule has 0 aliphatic rings. The standard InChI is InChI=1S/C17H24N2O2/c1-12(2)16-8-14(10-18-13(3)4)9-17(19-16)21-11-15-6-5-7-20-15/h5-9,12-13,18H,10-11H2,1-4H3. The Bertz CT molecular complexity index is 548. The predicted molar refractivity (Wildman–Crippen MR) is 83.3 cm³/mol. The average Bonchev–Trinajstić information content (AvgIpc) is 2.96. The summed E-state index contributed by atoms with van der Waals surface area (Å²) < 4.78 is 11.0. The number of rotatable bonds is 7. The summed E-state index contributed by atoms with van der Waals surface area (Å²) in [6.45, 7) is 9.77. The fourth-order valence-electron chi connectivity index (χ4n) is 1.92. The first kappa shape index (κ1) is 15.6. The van der Waals surface area contributed by atoms with Gasteiger partial charge in [-0.05, 0) is 29.7 Å². The molecule has 0 fully saturated rings. The summed E-state index contributed by atoms with van der Waals surface area (Å²) in [5.74, 6) is 1.82. The Balaban J connectivity index is 2.10. The van der Waals surface area contributed by atoms with Crippen molar-refractivity contribution in [2.24, 2.45) is 0 Å². The Labute approximate surface area is 126 Å². The lowest BCUT2D eigenvalue weighted by molar-refractivity contribution is 0.259. The van der Waals surface area contributed by atoms with Crippen LogP contribution in [-0.4, -0.2) is 11.0 Å². The first-order valence-electron chi connectivity index (χ1n) is 7.44. The molecule has 2 heterocycles. The van der Waals surface area contributed by atoms with Crippen LogP contribution >= 0.6 is 0 Å². The van der Waals surface area contributed by atoms with Crippen LogP contribution in [0.5, 0.6) is 5.88 Å². The molecule has 0 aliphatic heterocycles. The number of hydrogen-bond donors (Lipinski definition) is 1. The van der Waals surface area contributed by atoms with Gasteiger partial charge < -0.3 is 14.5 Å². The minimum atomic E-state index is 0.370. The molecule has 0 bridgehead atoms. The summed E-state index contributed by atoms with van der Waals surface area (Å²) in [6.07, 6.45) is 1.65. The van der Waals surface area contributed by atoms with Gasteiger partial charge in [0.2, 0.25) is 5.88 Å². The molecular weight excluding hydrogens is 264 g/mol. The SMILES string of the molecule is CC(C)NCc1cc(OCc2ccco2)nc(C(C)C)c1. The van der Waals surface area contributed by atoms with Crippen molar-refractivity contribution >= 4 is 0 Å². The largest absolute Gasteiger partial charge is 0.469 e. The summed E-state index contributed by atoms with van der Waals surface area (Å²) in [4.78, 5) is 4.57. The third kappa shape index (κ3) is 4.90. The molecule has 0 spiro atoms.